The van der Waals surface area contributed by atoms with Gasteiger partial charge >= 0.3 is 0 Å². The zero-order chi connectivity index (χ0) is 9.00. The molecular weight excluding hydrogens is 164 g/mol. The molecule has 2 heteroatoms. The van der Waals surface area contributed by atoms with Gasteiger partial charge < -0.3 is 10.2 Å². The van der Waals surface area contributed by atoms with Crippen LogP contribution in [0.2, 0.25) is 0 Å². The molecule has 2 aliphatic rings. The van der Waals surface area contributed by atoms with Gasteiger partial charge in [-0.15, -0.1) is 0 Å². The number of aliphatic hydroxyl groups excluding tert-OH is 2. The number of fused-ring (bicyclic) bond motifs is 5. The van der Waals surface area contributed by atoms with Crippen LogP contribution in [0.25, 0.3) is 0 Å². The van der Waals surface area contributed by atoms with Crippen molar-refractivity contribution in [3.63, 3.8) is 0 Å². The van der Waals surface area contributed by atoms with E-state index in [9.17, 15) is 10.2 Å². The largest absolute Gasteiger partial charge is 0.390 e. The maximum atomic E-state index is 9.68. The summed E-state index contributed by atoms with van der Waals surface area (Å²) in [6, 6.07) is 8.13. The first-order valence-corrected chi connectivity index (χ1v) is 4.74. The molecule has 2 bridgehead atoms. The van der Waals surface area contributed by atoms with Crippen LogP contribution in [0.15, 0.2) is 24.3 Å². The second-order valence-corrected chi connectivity index (χ2v) is 4.06. The lowest BCUT2D eigenvalue weighted by Gasteiger charge is -2.24. The number of hydrogen-bond acceptors (Lipinski definition) is 2. The van der Waals surface area contributed by atoms with Crippen molar-refractivity contribution < 1.29 is 10.2 Å². The third kappa shape index (κ3) is 0.798. The Morgan fingerprint density at radius 3 is 1.85 bits per heavy atom. The fourth-order valence-corrected chi connectivity index (χ4v) is 2.84. The maximum absolute atomic E-state index is 9.68. The van der Waals surface area contributed by atoms with Crippen LogP contribution in [0.3, 0.4) is 0 Å². The Balaban J connectivity index is 2.16. The zero-order valence-corrected chi connectivity index (χ0v) is 7.22. The topological polar surface area (TPSA) is 40.5 Å². The lowest BCUT2D eigenvalue weighted by molar-refractivity contribution is 0.0217. The quantitative estimate of drug-likeness (QED) is 0.619. The molecule has 0 heterocycles. The van der Waals surface area contributed by atoms with E-state index >= 15 is 0 Å². The number of aliphatic hydroxyl groups is 2. The molecule has 3 rings (SSSR count). The SMILES string of the molecule is O[C@@H]1[C@@H](O)[C@@H]2C[C@@H]1c1ccccc12. The standard InChI is InChI=1S/C11H12O2/c12-10-8-5-9(11(10)13)7-4-2-1-3-6(7)8/h1-4,8-13H,5H2/t8-,9-,10+,11+/m1/s1. The highest BCUT2D eigenvalue weighted by atomic mass is 16.3. The lowest BCUT2D eigenvalue weighted by Crippen LogP contribution is -2.30. The Kier molecular flexibility index (Phi) is 1.35. The molecule has 0 aromatic heterocycles. The first kappa shape index (κ1) is 7.54. The van der Waals surface area contributed by atoms with Crippen LogP contribution in [0.5, 0.6) is 0 Å². The van der Waals surface area contributed by atoms with Crippen molar-refractivity contribution in [2.45, 2.75) is 30.5 Å². The van der Waals surface area contributed by atoms with Gasteiger partial charge in [0.2, 0.25) is 0 Å². The molecule has 1 aromatic rings. The highest BCUT2D eigenvalue weighted by Crippen LogP contribution is 2.52. The van der Waals surface area contributed by atoms with Gasteiger partial charge in [-0.1, -0.05) is 24.3 Å². The van der Waals surface area contributed by atoms with E-state index in [-0.39, 0.29) is 11.8 Å². The third-order valence-electron chi connectivity index (χ3n) is 3.48. The molecule has 0 unspecified atom stereocenters. The van der Waals surface area contributed by atoms with Gasteiger partial charge in [-0.25, -0.2) is 0 Å². The highest BCUT2D eigenvalue weighted by molar-refractivity contribution is 5.43. The number of rotatable bonds is 0. The van der Waals surface area contributed by atoms with Crippen LogP contribution >= 0.6 is 0 Å². The molecule has 4 atom stereocenters. The smallest absolute Gasteiger partial charge is 0.0873 e. The van der Waals surface area contributed by atoms with Crippen LogP contribution < -0.4 is 0 Å². The summed E-state index contributed by atoms with van der Waals surface area (Å²) in [5, 5.41) is 19.4. The average molecular weight is 176 g/mol. The van der Waals surface area contributed by atoms with E-state index in [0.29, 0.717) is 0 Å². The summed E-state index contributed by atoms with van der Waals surface area (Å²) < 4.78 is 0. The fourth-order valence-electron chi connectivity index (χ4n) is 2.84. The summed E-state index contributed by atoms with van der Waals surface area (Å²) in [6.45, 7) is 0. The first-order valence-electron chi connectivity index (χ1n) is 4.74. The Labute approximate surface area is 76.8 Å². The third-order valence-corrected chi connectivity index (χ3v) is 3.48. The molecule has 13 heavy (non-hydrogen) atoms. The highest BCUT2D eigenvalue weighted by Gasteiger charge is 2.49. The molecule has 0 radical (unpaired) electrons. The molecule has 1 aromatic carbocycles. The van der Waals surface area contributed by atoms with E-state index in [1.54, 1.807) is 0 Å². The minimum atomic E-state index is -0.542. The summed E-state index contributed by atoms with van der Waals surface area (Å²) in [5.74, 6) is 0.354. The van der Waals surface area contributed by atoms with Crippen LogP contribution in [0.4, 0.5) is 0 Å². The van der Waals surface area contributed by atoms with E-state index < -0.39 is 12.2 Å². The summed E-state index contributed by atoms with van der Waals surface area (Å²) >= 11 is 0. The van der Waals surface area contributed by atoms with Crippen molar-refractivity contribution >= 4 is 0 Å². The molecule has 0 aliphatic heterocycles. The molecule has 2 N–H and O–H groups in total. The van der Waals surface area contributed by atoms with E-state index in [0.717, 1.165) is 6.42 Å². The monoisotopic (exact) mass is 176 g/mol. The lowest BCUT2D eigenvalue weighted by atomic mass is 9.88. The van der Waals surface area contributed by atoms with Crippen LogP contribution in [0.1, 0.15) is 29.4 Å². The van der Waals surface area contributed by atoms with Gasteiger partial charge in [-0.3, -0.25) is 0 Å². The van der Waals surface area contributed by atoms with Crippen molar-refractivity contribution in [2.75, 3.05) is 0 Å². The second-order valence-electron chi connectivity index (χ2n) is 4.06. The molecule has 0 amide bonds. The van der Waals surface area contributed by atoms with Gasteiger partial charge in [0.25, 0.3) is 0 Å². The predicted octanol–water partition coefficient (Wildman–Crippen LogP) is 0.993. The van der Waals surface area contributed by atoms with Crippen LogP contribution in [-0.2, 0) is 0 Å². The zero-order valence-electron chi connectivity index (χ0n) is 7.22. The number of hydrogen-bond donors (Lipinski definition) is 2. The van der Waals surface area contributed by atoms with E-state index in [2.05, 4.69) is 12.1 Å². The van der Waals surface area contributed by atoms with Crippen molar-refractivity contribution in [3.8, 4) is 0 Å². The van der Waals surface area contributed by atoms with E-state index in [1.807, 2.05) is 12.1 Å². The Morgan fingerprint density at radius 1 is 0.923 bits per heavy atom. The van der Waals surface area contributed by atoms with Gasteiger partial charge in [-0.2, -0.15) is 0 Å². The molecular formula is C11H12O2. The van der Waals surface area contributed by atoms with E-state index in [4.69, 9.17) is 0 Å². The fraction of sp³-hybridized carbons (Fsp3) is 0.455. The van der Waals surface area contributed by atoms with Crippen molar-refractivity contribution in [1.29, 1.82) is 0 Å². The predicted molar refractivity (Wildman–Crippen MR) is 48.6 cm³/mol. The van der Waals surface area contributed by atoms with E-state index in [1.165, 1.54) is 11.1 Å². The van der Waals surface area contributed by atoms with Gasteiger partial charge in [0.15, 0.2) is 0 Å². The van der Waals surface area contributed by atoms with Crippen molar-refractivity contribution in [3.05, 3.63) is 35.4 Å². The molecule has 1 fully saturated rings. The molecule has 1 saturated carbocycles. The van der Waals surface area contributed by atoms with Crippen LogP contribution in [-0.4, -0.2) is 22.4 Å². The van der Waals surface area contributed by atoms with Gasteiger partial charge in [-0.05, 0) is 17.5 Å². The van der Waals surface area contributed by atoms with Gasteiger partial charge in [0.1, 0.15) is 0 Å². The average Bonchev–Trinajstić information content (AvgIpc) is 2.66. The van der Waals surface area contributed by atoms with Gasteiger partial charge in [0, 0.05) is 11.8 Å². The molecule has 0 spiro atoms. The minimum absolute atomic E-state index is 0.177. The molecule has 2 aliphatic carbocycles. The molecule has 2 nitrogen and oxygen atoms in total. The Bertz CT molecular complexity index is 315. The first-order chi connectivity index (χ1) is 6.29. The summed E-state index contributed by atoms with van der Waals surface area (Å²) in [4.78, 5) is 0. The normalized spacial score (nSPS) is 40.8. The molecule has 68 valence electrons. The summed E-state index contributed by atoms with van der Waals surface area (Å²) in [6.07, 6.45) is -0.165. The van der Waals surface area contributed by atoms with Crippen LogP contribution in [0, 0.1) is 0 Å². The Hall–Kier alpha value is -0.860. The minimum Gasteiger partial charge on any atom is -0.390 e. The second kappa shape index (κ2) is 2.34. The van der Waals surface area contributed by atoms with Gasteiger partial charge in [0.05, 0.1) is 12.2 Å². The summed E-state index contributed by atoms with van der Waals surface area (Å²) in [5.41, 5.74) is 2.48. The summed E-state index contributed by atoms with van der Waals surface area (Å²) in [7, 11) is 0. The Morgan fingerprint density at radius 2 is 1.38 bits per heavy atom. The molecule has 0 saturated heterocycles. The number of benzene rings is 1. The maximum Gasteiger partial charge on any atom is 0.0873 e. The van der Waals surface area contributed by atoms with Crippen molar-refractivity contribution in [1.82, 2.24) is 0 Å². The van der Waals surface area contributed by atoms with Crippen molar-refractivity contribution in [2.24, 2.45) is 0 Å².